The molecule has 0 spiro atoms. The maximum absolute atomic E-state index is 11.9. The highest BCUT2D eigenvalue weighted by atomic mass is 127. The molecule has 8 heteroatoms. The number of aliphatic imine (C=N–C) groups is 1. The lowest BCUT2D eigenvalue weighted by Gasteiger charge is -2.29. The first-order valence-electron chi connectivity index (χ1n) is 8.17. The zero-order chi connectivity index (χ0) is 18.2. The van der Waals surface area contributed by atoms with E-state index in [2.05, 4.69) is 27.0 Å². The Morgan fingerprint density at radius 3 is 2.44 bits per heavy atom. The number of halogens is 1. The van der Waals surface area contributed by atoms with E-state index in [1.807, 2.05) is 53.0 Å². The van der Waals surface area contributed by atoms with E-state index < -0.39 is 17.2 Å². The van der Waals surface area contributed by atoms with Crippen molar-refractivity contribution in [2.45, 2.75) is 59.2 Å². The number of thiophene rings is 1. The van der Waals surface area contributed by atoms with E-state index >= 15 is 0 Å². The SMILES string of the molecule is CCNC(=NCc1cccs1)NCC(C)(C)NC(=O)OC(C)(C)C.I. The molecule has 0 aliphatic heterocycles. The number of carbonyl (C=O) groups is 1. The Hall–Kier alpha value is -1.03. The van der Waals surface area contributed by atoms with Gasteiger partial charge < -0.3 is 20.7 Å². The van der Waals surface area contributed by atoms with E-state index in [1.165, 1.54) is 4.88 Å². The number of ether oxygens (including phenoxy) is 1. The standard InChI is InChI=1S/C17H30N4O2S.HI/c1-7-18-14(19-11-13-9-8-10-24-13)20-12-17(5,6)21-15(22)23-16(2,3)4;/h8-10H,7,11-12H2,1-6H3,(H,21,22)(H2,18,19,20);1H. The molecule has 144 valence electrons. The highest BCUT2D eigenvalue weighted by molar-refractivity contribution is 14.0. The van der Waals surface area contributed by atoms with E-state index in [0.29, 0.717) is 13.1 Å². The predicted octanol–water partition coefficient (Wildman–Crippen LogP) is 3.72. The van der Waals surface area contributed by atoms with Gasteiger partial charge in [-0.3, -0.25) is 0 Å². The van der Waals surface area contributed by atoms with Crippen LogP contribution in [-0.2, 0) is 11.3 Å². The van der Waals surface area contributed by atoms with Gasteiger partial charge >= 0.3 is 6.09 Å². The first-order valence-corrected chi connectivity index (χ1v) is 9.05. The second-order valence-electron chi connectivity index (χ2n) is 7.14. The number of guanidine groups is 1. The van der Waals surface area contributed by atoms with Crippen molar-refractivity contribution < 1.29 is 9.53 Å². The van der Waals surface area contributed by atoms with Gasteiger partial charge in [0.15, 0.2) is 5.96 Å². The van der Waals surface area contributed by atoms with E-state index in [-0.39, 0.29) is 24.0 Å². The molecule has 0 bridgehead atoms. The van der Waals surface area contributed by atoms with Crippen molar-refractivity contribution in [2.24, 2.45) is 4.99 Å². The van der Waals surface area contributed by atoms with E-state index in [9.17, 15) is 4.79 Å². The molecule has 0 fully saturated rings. The zero-order valence-corrected chi connectivity index (χ0v) is 19.1. The number of nitrogens with zero attached hydrogens (tertiary/aromatic N) is 1. The first-order chi connectivity index (χ1) is 11.1. The zero-order valence-electron chi connectivity index (χ0n) is 15.9. The third-order valence-electron chi connectivity index (χ3n) is 2.85. The van der Waals surface area contributed by atoms with Crippen molar-refractivity contribution in [1.29, 1.82) is 0 Å². The normalized spacial score (nSPS) is 12.2. The number of amides is 1. The molecule has 0 saturated carbocycles. The minimum absolute atomic E-state index is 0. The molecule has 1 heterocycles. The Balaban J connectivity index is 0.00000576. The molecule has 0 radical (unpaired) electrons. The average molecular weight is 482 g/mol. The Bertz CT molecular complexity index is 539. The second-order valence-corrected chi connectivity index (χ2v) is 8.17. The average Bonchev–Trinajstić information content (AvgIpc) is 2.92. The van der Waals surface area contributed by atoms with Crippen molar-refractivity contribution >= 4 is 47.4 Å². The molecule has 0 atom stereocenters. The summed E-state index contributed by atoms with van der Waals surface area (Å²) in [5.74, 6) is 0.727. The summed E-state index contributed by atoms with van der Waals surface area (Å²) < 4.78 is 5.30. The fourth-order valence-electron chi connectivity index (χ4n) is 1.83. The van der Waals surface area contributed by atoms with Crippen LogP contribution in [-0.4, -0.2) is 36.3 Å². The molecule has 3 N–H and O–H groups in total. The van der Waals surface area contributed by atoms with Gasteiger partial charge in [0, 0.05) is 18.0 Å². The molecule has 0 unspecified atom stereocenters. The van der Waals surface area contributed by atoms with Crippen molar-refractivity contribution in [1.82, 2.24) is 16.0 Å². The minimum Gasteiger partial charge on any atom is -0.444 e. The van der Waals surface area contributed by atoms with Crippen LogP contribution in [0, 0.1) is 0 Å². The molecule has 0 aliphatic carbocycles. The number of alkyl carbamates (subject to hydrolysis) is 1. The quantitative estimate of drug-likeness (QED) is 0.328. The van der Waals surface area contributed by atoms with Gasteiger partial charge in [-0.05, 0) is 53.0 Å². The van der Waals surface area contributed by atoms with Crippen LogP contribution in [0.25, 0.3) is 0 Å². The van der Waals surface area contributed by atoms with E-state index in [1.54, 1.807) is 11.3 Å². The number of nitrogens with one attached hydrogen (secondary N) is 3. The monoisotopic (exact) mass is 482 g/mol. The Kier molecular flexibility index (Phi) is 10.4. The molecule has 0 aromatic carbocycles. The highest BCUT2D eigenvalue weighted by Gasteiger charge is 2.24. The fourth-order valence-corrected chi connectivity index (χ4v) is 2.46. The molecular weight excluding hydrogens is 451 g/mol. The van der Waals surface area contributed by atoms with Crippen LogP contribution in [0.4, 0.5) is 4.79 Å². The van der Waals surface area contributed by atoms with Crippen molar-refractivity contribution in [3.05, 3.63) is 22.4 Å². The van der Waals surface area contributed by atoms with Crippen LogP contribution in [0.5, 0.6) is 0 Å². The van der Waals surface area contributed by atoms with Gasteiger partial charge in [0.2, 0.25) is 0 Å². The third kappa shape index (κ3) is 11.2. The van der Waals surface area contributed by atoms with Crippen LogP contribution >= 0.6 is 35.3 Å². The van der Waals surface area contributed by atoms with Gasteiger partial charge in [-0.25, -0.2) is 9.79 Å². The fraction of sp³-hybridized carbons (Fsp3) is 0.647. The topological polar surface area (TPSA) is 74.8 Å². The number of carbonyl (C=O) groups excluding carboxylic acids is 1. The lowest BCUT2D eigenvalue weighted by Crippen LogP contribution is -2.54. The van der Waals surface area contributed by atoms with Gasteiger partial charge in [-0.15, -0.1) is 35.3 Å². The van der Waals surface area contributed by atoms with Crippen LogP contribution in [0.15, 0.2) is 22.5 Å². The number of hydrogen-bond donors (Lipinski definition) is 3. The summed E-state index contributed by atoms with van der Waals surface area (Å²) in [5.41, 5.74) is -0.980. The summed E-state index contributed by atoms with van der Waals surface area (Å²) >= 11 is 1.68. The number of rotatable bonds is 6. The minimum atomic E-state index is -0.509. The van der Waals surface area contributed by atoms with Crippen molar-refractivity contribution in [3.8, 4) is 0 Å². The third-order valence-corrected chi connectivity index (χ3v) is 3.72. The van der Waals surface area contributed by atoms with Crippen molar-refractivity contribution in [2.75, 3.05) is 13.1 Å². The van der Waals surface area contributed by atoms with Crippen LogP contribution in [0.2, 0.25) is 0 Å². The lowest BCUT2D eigenvalue weighted by molar-refractivity contribution is 0.0474. The summed E-state index contributed by atoms with van der Waals surface area (Å²) in [6.45, 7) is 13.4. The molecule has 1 aromatic heterocycles. The summed E-state index contributed by atoms with van der Waals surface area (Å²) in [6.07, 6.45) is -0.421. The summed E-state index contributed by atoms with van der Waals surface area (Å²) in [7, 11) is 0. The van der Waals surface area contributed by atoms with Crippen molar-refractivity contribution in [3.63, 3.8) is 0 Å². The molecule has 1 aromatic rings. The Morgan fingerprint density at radius 1 is 1.24 bits per heavy atom. The summed E-state index contributed by atoms with van der Waals surface area (Å²) in [6, 6.07) is 4.08. The largest absolute Gasteiger partial charge is 0.444 e. The van der Waals surface area contributed by atoms with Gasteiger partial charge in [0.25, 0.3) is 0 Å². The molecule has 0 saturated heterocycles. The van der Waals surface area contributed by atoms with Crippen LogP contribution in [0.3, 0.4) is 0 Å². The van der Waals surface area contributed by atoms with Gasteiger partial charge in [0.05, 0.1) is 12.1 Å². The van der Waals surface area contributed by atoms with Gasteiger partial charge in [-0.1, -0.05) is 6.07 Å². The summed E-state index contributed by atoms with van der Waals surface area (Å²) in [4.78, 5) is 17.7. The molecule has 6 nitrogen and oxygen atoms in total. The molecule has 25 heavy (non-hydrogen) atoms. The van der Waals surface area contributed by atoms with E-state index in [4.69, 9.17) is 4.74 Å². The maximum atomic E-state index is 11.9. The van der Waals surface area contributed by atoms with E-state index in [0.717, 1.165) is 12.5 Å². The van der Waals surface area contributed by atoms with Crippen LogP contribution in [0.1, 0.15) is 46.4 Å². The molecule has 1 rings (SSSR count). The predicted molar refractivity (Wildman–Crippen MR) is 116 cm³/mol. The van der Waals surface area contributed by atoms with Gasteiger partial charge in [-0.2, -0.15) is 0 Å². The maximum Gasteiger partial charge on any atom is 0.408 e. The second kappa shape index (κ2) is 10.8. The molecule has 1 amide bonds. The van der Waals surface area contributed by atoms with Gasteiger partial charge in [0.1, 0.15) is 5.60 Å². The Labute approximate surface area is 172 Å². The first kappa shape index (κ1) is 24.0. The Morgan fingerprint density at radius 2 is 1.92 bits per heavy atom. The smallest absolute Gasteiger partial charge is 0.408 e. The lowest BCUT2D eigenvalue weighted by atomic mass is 10.1. The number of hydrogen-bond acceptors (Lipinski definition) is 4. The highest BCUT2D eigenvalue weighted by Crippen LogP contribution is 2.10. The molecule has 0 aliphatic rings. The molecular formula is C17H31IN4O2S. The van der Waals surface area contributed by atoms with Crippen LogP contribution < -0.4 is 16.0 Å². The summed E-state index contributed by atoms with van der Waals surface area (Å²) in [5, 5.41) is 11.4.